The number of hydrogen-bond acceptors (Lipinski definition) is 4. The highest BCUT2D eigenvalue weighted by atomic mass is 19.1. The van der Waals surface area contributed by atoms with Crippen molar-refractivity contribution < 1.29 is 14.0 Å². The largest absolute Gasteiger partial charge is 0.339 e. The van der Waals surface area contributed by atoms with Crippen molar-refractivity contribution in [2.45, 2.75) is 0 Å². The molecular weight excluding hydrogens is 405 g/mol. The molecule has 0 aliphatic rings. The molecule has 0 saturated carbocycles. The third kappa shape index (κ3) is 3.70. The number of hydrogen-bond donors (Lipinski definition) is 0. The molecule has 5 nitrogen and oxygen atoms in total. The van der Waals surface area contributed by atoms with E-state index >= 15 is 0 Å². The molecule has 0 aliphatic carbocycles. The Balaban J connectivity index is 1.53. The summed E-state index contributed by atoms with van der Waals surface area (Å²) < 4.78 is 15.2. The van der Waals surface area contributed by atoms with E-state index in [2.05, 4.69) is 4.98 Å². The zero-order valence-corrected chi connectivity index (χ0v) is 16.9. The van der Waals surface area contributed by atoms with Gasteiger partial charge >= 0.3 is 6.47 Å². The molecule has 0 fully saturated rings. The number of carbonyl (C=O) groups excluding carboxylic acids is 1. The summed E-state index contributed by atoms with van der Waals surface area (Å²) in [4.78, 5) is 20.9. The molecule has 0 aliphatic heterocycles. The zero-order chi connectivity index (χ0) is 21.9. The molecule has 0 spiro atoms. The van der Waals surface area contributed by atoms with E-state index in [4.69, 9.17) is 4.84 Å². The first-order chi connectivity index (χ1) is 15.7. The molecule has 5 aromatic rings. The Morgan fingerprint density at radius 3 is 2.38 bits per heavy atom. The standard InChI is InChI=1S/C26H18FN3O2/c27-22-11-9-19(10-12-22)20-13-14-29-25(17-28-26(29)16-20)21-5-4-8-24(15-21)30(32-18-31)23-6-2-1-3-7-23/h1-18H. The SMILES string of the molecule is O=CON(c1ccccc1)c1cccc(-c2cnc3cc(-c4ccc(F)cc4)ccn23)c1. The summed E-state index contributed by atoms with van der Waals surface area (Å²) in [5, 5.41) is 1.48. The zero-order valence-electron chi connectivity index (χ0n) is 16.9. The van der Waals surface area contributed by atoms with Crippen LogP contribution in [0.4, 0.5) is 15.8 Å². The van der Waals surface area contributed by atoms with Crippen molar-refractivity contribution in [3.8, 4) is 22.4 Å². The van der Waals surface area contributed by atoms with Crippen LogP contribution in [0.15, 0.2) is 103 Å². The molecule has 2 heterocycles. The van der Waals surface area contributed by atoms with E-state index in [0.29, 0.717) is 12.2 Å². The van der Waals surface area contributed by atoms with Gasteiger partial charge in [0.1, 0.15) is 11.5 Å². The normalized spacial score (nSPS) is 10.8. The lowest BCUT2D eigenvalue weighted by atomic mass is 10.1. The number of halogens is 1. The van der Waals surface area contributed by atoms with Gasteiger partial charge in [0, 0.05) is 11.8 Å². The van der Waals surface area contributed by atoms with Gasteiger partial charge in [-0.25, -0.2) is 9.37 Å². The number of fused-ring (bicyclic) bond motifs is 1. The fourth-order valence-corrected chi connectivity index (χ4v) is 3.68. The Hall–Kier alpha value is -4.45. The predicted molar refractivity (Wildman–Crippen MR) is 122 cm³/mol. The Bertz CT molecular complexity index is 1380. The minimum Gasteiger partial charge on any atom is -0.339 e. The molecule has 0 bridgehead atoms. The Morgan fingerprint density at radius 1 is 0.812 bits per heavy atom. The summed E-state index contributed by atoms with van der Waals surface area (Å²) in [6.45, 7) is 0.408. The topological polar surface area (TPSA) is 46.8 Å². The fraction of sp³-hybridized carbons (Fsp3) is 0. The molecule has 0 N–H and O–H groups in total. The van der Waals surface area contributed by atoms with E-state index in [9.17, 15) is 9.18 Å². The first-order valence-electron chi connectivity index (χ1n) is 10.0. The minimum absolute atomic E-state index is 0.263. The molecule has 0 radical (unpaired) electrons. The number of nitrogens with zero attached hydrogens (tertiary/aromatic N) is 3. The summed E-state index contributed by atoms with van der Waals surface area (Å²) in [6, 6.07) is 27.4. The van der Waals surface area contributed by atoms with Crippen LogP contribution in [0.25, 0.3) is 28.0 Å². The summed E-state index contributed by atoms with van der Waals surface area (Å²) in [7, 11) is 0. The fourth-order valence-electron chi connectivity index (χ4n) is 3.68. The lowest BCUT2D eigenvalue weighted by Gasteiger charge is -2.21. The molecule has 32 heavy (non-hydrogen) atoms. The van der Waals surface area contributed by atoms with Gasteiger partial charge in [-0.3, -0.25) is 9.20 Å². The van der Waals surface area contributed by atoms with E-state index in [1.165, 1.54) is 17.2 Å². The molecule has 0 unspecified atom stereocenters. The van der Waals surface area contributed by atoms with Crippen LogP contribution in [-0.2, 0) is 9.63 Å². The second-order valence-electron chi connectivity index (χ2n) is 7.18. The van der Waals surface area contributed by atoms with Crippen LogP contribution in [0.1, 0.15) is 0 Å². The molecule has 0 saturated heterocycles. The molecule has 6 heteroatoms. The average Bonchev–Trinajstić information content (AvgIpc) is 3.27. The molecule has 0 atom stereocenters. The van der Waals surface area contributed by atoms with Crippen molar-refractivity contribution in [1.82, 2.24) is 9.38 Å². The van der Waals surface area contributed by atoms with Crippen LogP contribution in [0.2, 0.25) is 0 Å². The van der Waals surface area contributed by atoms with Crippen LogP contribution in [0.5, 0.6) is 0 Å². The lowest BCUT2D eigenvalue weighted by molar-refractivity contribution is -0.128. The second kappa shape index (κ2) is 8.35. The van der Waals surface area contributed by atoms with Gasteiger partial charge in [-0.15, -0.1) is 0 Å². The minimum atomic E-state index is -0.263. The maximum absolute atomic E-state index is 13.2. The number of rotatable bonds is 6. The summed E-state index contributed by atoms with van der Waals surface area (Å²) in [5.41, 5.74) is 5.91. The van der Waals surface area contributed by atoms with Crippen molar-refractivity contribution in [3.05, 3.63) is 109 Å². The molecule has 5 rings (SSSR count). The number of imidazole rings is 1. The number of aromatic nitrogens is 2. The maximum atomic E-state index is 13.2. The Morgan fingerprint density at radius 2 is 1.59 bits per heavy atom. The Kier molecular flexibility index (Phi) is 5.09. The highest BCUT2D eigenvalue weighted by Crippen LogP contribution is 2.31. The first-order valence-corrected chi connectivity index (χ1v) is 10.0. The number of pyridine rings is 1. The molecule has 156 valence electrons. The van der Waals surface area contributed by atoms with Gasteiger partial charge in [0.2, 0.25) is 0 Å². The third-order valence-electron chi connectivity index (χ3n) is 5.21. The number of carbonyl (C=O) groups is 1. The summed E-state index contributed by atoms with van der Waals surface area (Å²) in [5.74, 6) is -0.263. The molecule has 3 aromatic carbocycles. The molecule has 0 amide bonds. The van der Waals surface area contributed by atoms with Crippen molar-refractivity contribution >= 4 is 23.5 Å². The van der Waals surface area contributed by atoms with Crippen molar-refractivity contribution in [2.24, 2.45) is 0 Å². The van der Waals surface area contributed by atoms with Gasteiger partial charge in [-0.05, 0) is 59.7 Å². The smallest absolute Gasteiger partial charge is 0.321 e. The van der Waals surface area contributed by atoms with Crippen LogP contribution in [0, 0.1) is 5.82 Å². The van der Waals surface area contributed by atoms with Gasteiger partial charge < -0.3 is 4.84 Å². The van der Waals surface area contributed by atoms with E-state index in [1.807, 2.05) is 77.3 Å². The number of para-hydroxylation sites is 1. The summed E-state index contributed by atoms with van der Waals surface area (Å²) >= 11 is 0. The monoisotopic (exact) mass is 423 g/mol. The van der Waals surface area contributed by atoms with Crippen LogP contribution in [-0.4, -0.2) is 15.9 Å². The van der Waals surface area contributed by atoms with Crippen molar-refractivity contribution in [1.29, 1.82) is 0 Å². The van der Waals surface area contributed by atoms with Crippen LogP contribution < -0.4 is 5.06 Å². The first kappa shape index (κ1) is 19.5. The lowest BCUT2D eigenvalue weighted by Crippen LogP contribution is -2.16. The number of anilines is 2. The number of benzene rings is 3. The average molecular weight is 423 g/mol. The maximum Gasteiger partial charge on any atom is 0.321 e. The molecular formula is C26H18FN3O2. The van der Waals surface area contributed by atoms with Gasteiger partial charge in [0.25, 0.3) is 0 Å². The van der Waals surface area contributed by atoms with Crippen LogP contribution in [0.3, 0.4) is 0 Å². The van der Waals surface area contributed by atoms with E-state index in [-0.39, 0.29) is 5.82 Å². The van der Waals surface area contributed by atoms with E-state index < -0.39 is 0 Å². The van der Waals surface area contributed by atoms with Crippen molar-refractivity contribution in [2.75, 3.05) is 5.06 Å². The third-order valence-corrected chi connectivity index (χ3v) is 5.21. The quantitative estimate of drug-likeness (QED) is 0.247. The van der Waals surface area contributed by atoms with Crippen molar-refractivity contribution in [3.63, 3.8) is 0 Å². The van der Waals surface area contributed by atoms with Crippen LogP contribution >= 0.6 is 0 Å². The molecule has 2 aromatic heterocycles. The highest BCUT2D eigenvalue weighted by molar-refractivity contribution is 5.74. The second-order valence-corrected chi connectivity index (χ2v) is 7.18. The Labute approximate surface area is 183 Å². The van der Waals surface area contributed by atoms with Gasteiger partial charge in [-0.1, -0.05) is 42.5 Å². The predicted octanol–water partition coefficient (Wildman–Crippen LogP) is 6.03. The highest BCUT2D eigenvalue weighted by Gasteiger charge is 2.13. The van der Waals surface area contributed by atoms with E-state index in [1.54, 1.807) is 18.3 Å². The van der Waals surface area contributed by atoms with Gasteiger partial charge in [-0.2, -0.15) is 5.06 Å². The summed E-state index contributed by atoms with van der Waals surface area (Å²) in [6.07, 6.45) is 3.75. The van der Waals surface area contributed by atoms with E-state index in [0.717, 1.165) is 33.7 Å². The van der Waals surface area contributed by atoms with Gasteiger partial charge in [0.15, 0.2) is 0 Å². The van der Waals surface area contributed by atoms with Gasteiger partial charge in [0.05, 0.1) is 23.3 Å².